The van der Waals surface area contributed by atoms with E-state index in [0.29, 0.717) is 29.2 Å². The molecule has 1 aliphatic carbocycles. The molecule has 1 saturated carbocycles. The summed E-state index contributed by atoms with van der Waals surface area (Å²) in [5.41, 5.74) is 3.52. The average molecular weight is 587 g/mol. The topological polar surface area (TPSA) is 144 Å². The Labute approximate surface area is 249 Å². The minimum absolute atomic E-state index is 0.0977. The van der Waals surface area contributed by atoms with Gasteiger partial charge in [-0.1, -0.05) is 31.4 Å². The van der Waals surface area contributed by atoms with Crippen molar-refractivity contribution in [2.45, 2.75) is 45.1 Å². The maximum atomic E-state index is 12.8. The smallest absolute Gasteiger partial charge is 0.343 e. The molecule has 3 aromatic carbocycles. The van der Waals surface area contributed by atoms with Crippen LogP contribution in [0.4, 0.5) is 5.69 Å². The number of anilines is 1. The summed E-state index contributed by atoms with van der Waals surface area (Å²) in [6.07, 6.45) is 6.46. The second kappa shape index (κ2) is 15.2. The standard InChI is InChI=1S/C32H34N4O7/c1-3-42-28-19-21(13-18-27(28)43-32(40)22-14-16-24(41-2)17-15-22)20-33-36-31(39)30(38)35-26-12-8-7-11-25(26)29(37)34-23-9-5-4-6-10-23/h7-8,11-20,23H,3-6,9-10H2,1-2H3,(H,34,37)(H,35,38)(H,36,39). The number of esters is 1. The number of para-hydroxylation sites is 1. The summed E-state index contributed by atoms with van der Waals surface area (Å²) in [6, 6.07) is 17.8. The van der Waals surface area contributed by atoms with Crippen LogP contribution in [0.15, 0.2) is 71.8 Å². The van der Waals surface area contributed by atoms with E-state index in [1.165, 1.54) is 19.4 Å². The summed E-state index contributed by atoms with van der Waals surface area (Å²) < 4.78 is 16.2. The first-order chi connectivity index (χ1) is 20.9. The van der Waals surface area contributed by atoms with Crippen LogP contribution in [0.5, 0.6) is 17.2 Å². The average Bonchev–Trinajstić information content (AvgIpc) is 3.03. The molecule has 11 heteroatoms. The molecule has 43 heavy (non-hydrogen) atoms. The number of benzene rings is 3. The molecule has 0 bridgehead atoms. The van der Waals surface area contributed by atoms with Gasteiger partial charge >= 0.3 is 17.8 Å². The zero-order valence-electron chi connectivity index (χ0n) is 24.1. The highest BCUT2D eigenvalue weighted by Crippen LogP contribution is 2.29. The summed E-state index contributed by atoms with van der Waals surface area (Å²) in [7, 11) is 1.53. The second-order valence-corrected chi connectivity index (χ2v) is 9.76. The molecule has 0 spiro atoms. The maximum absolute atomic E-state index is 12.8. The third-order valence-electron chi connectivity index (χ3n) is 6.74. The minimum atomic E-state index is -1.02. The maximum Gasteiger partial charge on any atom is 0.343 e. The van der Waals surface area contributed by atoms with Crippen molar-refractivity contribution in [3.05, 3.63) is 83.4 Å². The summed E-state index contributed by atoms with van der Waals surface area (Å²) in [4.78, 5) is 50.4. The first kappa shape index (κ1) is 30.8. The summed E-state index contributed by atoms with van der Waals surface area (Å²) >= 11 is 0. The van der Waals surface area contributed by atoms with E-state index in [1.807, 2.05) is 0 Å². The molecule has 0 aliphatic heterocycles. The van der Waals surface area contributed by atoms with Gasteiger partial charge in [-0.25, -0.2) is 10.2 Å². The van der Waals surface area contributed by atoms with Gasteiger partial charge in [-0.3, -0.25) is 14.4 Å². The first-order valence-electron chi connectivity index (χ1n) is 14.0. The number of ether oxygens (including phenoxy) is 3. The van der Waals surface area contributed by atoms with Crippen molar-refractivity contribution in [2.24, 2.45) is 5.10 Å². The fourth-order valence-electron chi connectivity index (χ4n) is 4.54. The number of carbonyl (C=O) groups excluding carboxylic acids is 4. The molecule has 3 N–H and O–H groups in total. The summed E-state index contributed by atoms with van der Waals surface area (Å²) in [6.45, 7) is 2.09. The van der Waals surface area contributed by atoms with Gasteiger partial charge in [0, 0.05) is 6.04 Å². The van der Waals surface area contributed by atoms with Crippen LogP contribution in [-0.4, -0.2) is 49.7 Å². The molecule has 1 fully saturated rings. The summed E-state index contributed by atoms with van der Waals surface area (Å²) in [5.74, 6) is -1.77. The van der Waals surface area contributed by atoms with Gasteiger partial charge in [0.15, 0.2) is 11.5 Å². The molecule has 0 heterocycles. The third kappa shape index (κ3) is 8.65. The Kier molecular flexibility index (Phi) is 10.8. The molecule has 0 unspecified atom stereocenters. The number of hydrogen-bond donors (Lipinski definition) is 3. The summed E-state index contributed by atoms with van der Waals surface area (Å²) in [5, 5.41) is 9.36. The molecule has 3 aromatic rings. The first-order valence-corrected chi connectivity index (χ1v) is 14.0. The number of rotatable bonds is 10. The zero-order chi connectivity index (χ0) is 30.6. The molecule has 3 amide bonds. The van der Waals surface area contributed by atoms with Crippen LogP contribution in [0.3, 0.4) is 0 Å². The zero-order valence-corrected chi connectivity index (χ0v) is 24.1. The van der Waals surface area contributed by atoms with Crippen LogP contribution in [0, 0.1) is 0 Å². The number of amides is 3. The molecular formula is C32H34N4O7. The quantitative estimate of drug-likeness (QED) is 0.105. The van der Waals surface area contributed by atoms with E-state index < -0.39 is 17.8 Å². The predicted molar refractivity (Wildman–Crippen MR) is 161 cm³/mol. The highest BCUT2D eigenvalue weighted by atomic mass is 16.6. The SMILES string of the molecule is CCOc1cc(C=NNC(=O)C(=O)Nc2ccccc2C(=O)NC2CCCCC2)ccc1OC(=O)c1ccc(OC)cc1. The molecule has 11 nitrogen and oxygen atoms in total. The largest absolute Gasteiger partial charge is 0.497 e. The van der Waals surface area contributed by atoms with E-state index in [4.69, 9.17) is 14.2 Å². The van der Waals surface area contributed by atoms with Gasteiger partial charge in [-0.2, -0.15) is 5.10 Å². The lowest BCUT2D eigenvalue weighted by molar-refractivity contribution is -0.136. The van der Waals surface area contributed by atoms with Crippen LogP contribution >= 0.6 is 0 Å². The predicted octanol–water partition coefficient (Wildman–Crippen LogP) is 4.46. The fraction of sp³-hybridized carbons (Fsp3) is 0.281. The lowest BCUT2D eigenvalue weighted by Gasteiger charge is -2.23. The highest BCUT2D eigenvalue weighted by molar-refractivity contribution is 6.40. The van der Waals surface area contributed by atoms with Gasteiger partial charge in [-0.05, 0) is 79.9 Å². The van der Waals surface area contributed by atoms with Crippen LogP contribution in [-0.2, 0) is 9.59 Å². The molecule has 0 atom stereocenters. The molecule has 1 aliphatic rings. The third-order valence-corrected chi connectivity index (χ3v) is 6.74. The van der Waals surface area contributed by atoms with E-state index >= 15 is 0 Å². The van der Waals surface area contributed by atoms with Crippen LogP contribution in [0.25, 0.3) is 0 Å². The molecule has 224 valence electrons. The van der Waals surface area contributed by atoms with Gasteiger partial charge in [-0.15, -0.1) is 0 Å². The van der Waals surface area contributed by atoms with Crippen molar-refractivity contribution >= 4 is 35.6 Å². The number of nitrogens with one attached hydrogen (secondary N) is 3. The lowest BCUT2D eigenvalue weighted by Crippen LogP contribution is -2.37. The Hall–Kier alpha value is -5.19. The number of carbonyl (C=O) groups is 4. The van der Waals surface area contributed by atoms with Crippen LogP contribution in [0.1, 0.15) is 65.3 Å². The van der Waals surface area contributed by atoms with Gasteiger partial charge < -0.3 is 24.8 Å². The van der Waals surface area contributed by atoms with Gasteiger partial charge in [0.2, 0.25) is 0 Å². The monoisotopic (exact) mass is 586 g/mol. The number of methoxy groups -OCH3 is 1. The van der Waals surface area contributed by atoms with E-state index in [9.17, 15) is 19.2 Å². The molecule has 4 rings (SSSR count). The van der Waals surface area contributed by atoms with Crippen molar-refractivity contribution in [2.75, 3.05) is 19.0 Å². The van der Waals surface area contributed by atoms with Gasteiger partial charge in [0.25, 0.3) is 5.91 Å². The van der Waals surface area contributed by atoms with E-state index in [1.54, 1.807) is 67.6 Å². The van der Waals surface area contributed by atoms with E-state index in [0.717, 1.165) is 32.1 Å². The van der Waals surface area contributed by atoms with Crippen molar-refractivity contribution in [1.82, 2.24) is 10.7 Å². The van der Waals surface area contributed by atoms with Crippen molar-refractivity contribution in [3.8, 4) is 17.2 Å². The van der Waals surface area contributed by atoms with Crippen molar-refractivity contribution < 1.29 is 33.4 Å². The second-order valence-electron chi connectivity index (χ2n) is 9.76. The molecular weight excluding hydrogens is 552 g/mol. The Morgan fingerprint density at radius 2 is 1.65 bits per heavy atom. The molecule has 0 radical (unpaired) electrons. The Bertz CT molecular complexity index is 1480. The van der Waals surface area contributed by atoms with Gasteiger partial charge in [0.05, 0.1) is 36.7 Å². The Morgan fingerprint density at radius 3 is 2.37 bits per heavy atom. The lowest BCUT2D eigenvalue weighted by atomic mass is 9.95. The van der Waals surface area contributed by atoms with E-state index in [-0.39, 0.29) is 28.9 Å². The Balaban J connectivity index is 1.35. The van der Waals surface area contributed by atoms with Crippen LogP contribution < -0.4 is 30.3 Å². The van der Waals surface area contributed by atoms with Gasteiger partial charge in [0.1, 0.15) is 5.75 Å². The molecule has 0 saturated heterocycles. The normalized spacial score (nSPS) is 13.2. The minimum Gasteiger partial charge on any atom is -0.497 e. The van der Waals surface area contributed by atoms with Crippen LogP contribution in [0.2, 0.25) is 0 Å². The highest BCUT2D eigenvalue weighted by Gasteiger charge is 2.21. The van der Waals surface area contributed by atoms with Crippen molar-refractivity contribution in [1.29, 1.82) is 0 Å². The number of hydrogen-bond acceptors (Lipinski definition) is 8. The number of nitrogens with zero attached hydrogens (tertiary/aromatic N) is 1. The fourth-order valence-corrected chi connectivity index (χ4v) is 4.54. The van der Waals surface area contributed by atoms with E-state index in [2.05, 4.69) is 21.2 Å². The van der Waals surface area contributed by atoms with Crippen molar-refractivity contribution in [3.63, 3.8) is 0 Å². The molecule has 0 aromatic heterocycles. The Morgan fingerprint density at radius 1 is 0.907 bits per heavy atom. The number of hydrazone groups is 1.